The molecule has 0 saturated heterocycles. The topological polar surface area (TPSA) is 73.6 Å². The van der Waals surface area contributed by atoms with Crippen LogP contribution in [-0.2, 0) is 4.74 Å². The van der Waals surface area contributed by atoms with Gasteiger partial charge in [-0.25, -0.2) is 0 Å². The Morgan fingerprint density at radius 1 is 1.19 bits per heavy atom. The van der Waals surface area contributed by atoms with Crippen LogP contribution in [0, 0.1) is 11.8 Å². The maximum Gasteiger partial charge on any atom is 0.255 e. The summed E-state index contributed by atoms with van der Waals surface area (Å²) in [5, 5.41) is 3.29. The molecule has 3 rings (SSSR count). The lowest BCUT2D eigenvalue weighted by atomic mass is 9.67. The summed E-state index contributed by atoms with van der Waals surface area (Å²) in [6.45, 7) is 3.59. The number of halogens is 1. The number of para-hydroxylation sites is 1. The zero-order valence-corrected chi connectivity index (χ0v) is 16.3. The standard InChI is InChI=1S/C20H30N2O3.ClH/c1-2-24-10-11-25-18-9-4-3-8-17(18)20(23)22-19-14-6-5-7-15(19)13-16(21)12-14;/h3-4,8-9,14-16,19H,2,5-7,10-13,21H2,1H3,(H,22,23);1H. The van der Waals surface area contributed by atoms with Crippen molar-refractivity contribution in [2.24, 2.45) is 17.6 Å². The molecule has 1 amide bonds. The van der Waals surface area contributed by atoms with Crippen molar-refractivity contribution in [3.05, 3.63) is 29.8 Å². The average molecular weight is 383 g/mol. The van der Waals surface area contributed by atoms with Crippen LogP contribution >= 0.6 is 12.4 Å². The van der Waals surface area contributed by atoms with Gasteiger partial charge in [-0.1, -0.05) is 18.6 Å². The van der Waals surface area contributed by atoms with Gasteiger partial charge in [-0.15, -0.1) is 12.4 Å². The first-order valence-corrected chi connectivity index (χ1v) is 9.55. The highest BCUT2D eigenvalue weighted by Crippen LogP contribution is 2.39. The molecule has 2 fully saturated rings. The number of rotatable bonds is 7. The van der Waals surface area contributed by atoms with Gasteiger partial charge in [-0.3, -0.25) is 4.79 Å². The molecule has 1 aromatic carbocycles. The van der Waals surface area contributed by atoms with E-state index in [1.807, 2.05) is 31.2 Å². The third-order valence-corrected chi connectivity index (χ3v) is 5.50. The van der Waals surface area contributed by atoms with Crippen LogP contribution in [0.5, 0.6) is 5.75 Å². The molecule has 2 unspecified atom stereocenters. The van der Waals surface area contributed by atoms with Crippen LogP contribution in [0.15, 0.2) is 24.3 Å². The second-order valence-electron chi connectivity index (χ2n) is 7.22. The molecule has 6 heteroatoms. The second-order valence-corrected chi connectivity index (χ2v) is 7.22. The normalized spacial score (nSPS) is 27.3. The average Bonchev–Trinajstić information content (AvgIpc) is 2.60. The quantitative estimate of drug-likeness (QED) is 0.710. The highest BCUT2D eigenvalue weighted by atomic mass is 35.5. The Hall–Kier alpha value is -1.30. The number of hydrogen-bond donors (Lipinski definition) is 2. The van der Waals surface area contributed by atoms with Crippen LogP contribution in [0.3, 0.4) is 0 Å². The van der Waals surface area contributed by atoms with Gasteiger partial charge in [0.2, 0.25) is 0 Å². The van der Waals surface area contributed by atoms with Crippen LogP contribution in [0.25, 0.3) is 0 Å². The Balaban J connectivity index is 0.00000243. The van der Waals surface area contributed by atoms with E-state index in [1.165, 1.54) is 19.3 Å². The number of nitrogens with one attached hydrogen (secondary N) is 1. The zero-order chi connectivity index (χ0) is 17.6. The molecule has 1 aromatic rings. The molecule has 0 spiro atoms. The maximum absolute atomic E-state index is 12.9. The first kappa shape index (κ1) is 21.0. The summed E-state index contributed by atoms with van der Waals surface area (Å²) >= 11 is 0. The predicted octanol–water partition coefficient (Wildman–Crippen LogP) is 3.16. The van der Waals surface area contributed by atoms with Crippen molar-refractivity contribution in [2.75, 3.05) is 19.8 Å². The monoisotopic (exact) mass is 382 g/mol. The molecule has 0 radical (unpaired) electrons. The van der Waals surface area contributed by atoms with Gasteiger partial charge in [0.05, 0.1) is 12.2 Å². The molecule has 0 aliphatic heterocycles. The van der Waals surface area contributed by atoms with Crippen molar-refractivity contribution >= 4 is 18.3 Å². The number of hydrogen-bond acceptors (Lipinski definition) is 4. The van der Waals surface area contributed by atoms with E-state index in [4.69, 9.17) is 15.2 Å². The Bertz CT molecular complexity index is 570. The predicted molar refractivity (Wildman–Crippen MR) is 105 cm³/mol. The molecular weight excluding hydrogens is 352 g/mol. The van der Waals surface area contributed by atoms with Crippen molar-refractivity contribution in [1.82, 2.24) is 5.32 Å². The number of carbonyl (C=O) groups excluding carboxylic acids is 1. The highest BCUT2D eigenvalue weighted by molar-refractivity contribution is 5.97. The second kappa shape index (κ2) is 10.1. The van der Waals surface area contributed by atoms with Gasteiger partial charge < -0.3 is 20.5 Å². The minimum atomic E-state index is -0.0376. The first-order valence-electron chi connectivity index (χ1n) is 9.55. The summed E-state index contributed by atoms with van der Waals surface area (Å²) in [6, 6.07) is 7.98. The van der Waals surface area contributed by atoms with Crippen LogP contribution in [0.4, 0.5) is 0 Å². The van der Waals surface area contributed by atoms with E-state index >= 15 is 0 Å². The molecule has 2 atom stereocenters. The van der Waals surface area contributed by atoms with Gasteiger partial charge in [0, 0.05) is 18.7 Å². The highest BCUT2D eigenvalue weighted by Gasteiger charge is 2.40. The largest absolute Gasteiger partial charge is 0.490 e. The van der Waals surface area contributed by atoms with Gasteiger partial charge in [-0.2, -0.15) is 0 Å². The molecule has 5 nitrogen and oxygen atoms in total. The smallest absolute Gasteiger partial charge is 0.255 e. The van der Waals surface area contributed by atoms with Crippen molar-refractivity contribution < 1.29 is 14.3 Å². The molecule has 3 N–H and O–H groups in total. The van der Waals surface area contributed by atoms with Crippen LogP contribution in [0.2, 0.25) is 0 Å². The van der Waals surface area contributed by atoms with Gasteiger partial charge in [0.1, 0.15) is 12.4 Å². The van der Waals surface area contributed by atoms with E-state index in [1.54, 1.807) is 0 Å². The summed E-state index contributed by atoms with van der Waals surface area (Å²) in [7, 11) is 0. The number of amides is 1. The lowest BCUT2D eigenvalue weighted by Crippen LogP contribution is -2.53. The molecule has 146 valence electrons. The van der Waals surface area contributed by atoms with E-state index in [0.29, 0.717) is 43.0 Å². The molecular formula is C20H31ClN2O3. The first-order chi connectivity index (χ1) is 12.2. The van der Waals surface area contributed by atoms with Crippen LogP contribution in [0.1, 0.15) is 49.4 Å². The van der Waals surface area contributed by atoms with Crippen molar-refractivity contribution in [2.45, 2.75) is 51.1 Å². The molecule has 0 aromatic heterocycles. The summed E-state index contributed by atoms with van der Waals surface area (Å²) in [6.07, 6.45) is 5.64. The van der Waals surface area contributed by atoms with Gasteiger partial charge >= 0.3 is 0 Å². The zero-order valence-electron chi connectivity index (χ0n) is 15.5. The van der Waals surface area contributed by atoms with E-state index in [0.717, 1.165) is 12.8 Å². The minimum Gasteiger partial charge on any atom is -0.490 e. The Morgan fingerprint density at radius 2 is 1.88 bits per heavy atom. The molecule has 2 aliphatic rings. The SMILES string of the molecule is CCOCCOc1ccccc1C(=O)NC1C2CCCC1CC(N)C2.Cl. The molecule has 26 heavy (non-hydrogen) atoms. The Labute approximate surface area is 162 Å². The number of ether oxygens (including phenoxy) is 2. The van der Waals surface area contributed by atoms with Crippen LogP contribution < -0.4 is 15.8 Å². The summed E-state index contributed by atoms with van der Waals surface area (Å²) in [4.78, 5) is 12.9. The Kier molecular flexibility index (Phi) is 8.19. The van der Waals surface area contributed by atoms with Crippen LogP contribution in [-0.4, -0.2) is 37.8 Å². The fourth-order valence-electron chi connectivity index (χ4n) is 4.39. The van der Waals surface area contributed by atoms with E-state index in [-0.39, 0.29) is 30.4 Å². The van der Waals surface area contributed by atoms with Crippen molar-refractivity contribution in [1.29, 1.82) is 0 Å². The number of benzene rings is 1. The third-order valence-electron chi connectivity index (χ3n) is 5.50. The maximum atomic E-state index is 12.9. The van der Waals surface area contributed by atoms with Crippen molar-refractivity contribution in [3.63, 3.8) is 0 Å². The lowest BCUT2D eigenvalue weighted by Gasteiger charge is -2.45. The Morgan fingerprint density at radius 3 is 2.58 bits per heavy atom. The van der Waals surface area contributed by atoms with E-state index < -0.39 is 0 Å². The fraction of sp³-hybridized carbons (Fsp3) is 0.650. The lowest BCUT2D eigenvalue weighted by molar-refractivity contribution is 0.0748. The molecule has 2 saturated carbocycles. The molecule has 0 heterocycles. The van der Waals surface area contributed by atoms with Crippen molar-refractivity contribution in [3.8, 4) is 5.75 Å². The molecule has 2 bridgehead atoms. The fourth-order valence-corrected chi connectivity index (χ4v) is 4.39. The number of fused-ring (bicyclic) bond motifs is 2. The van der Waals surface area contributed by atoms with E-state index in [9.17, 15) is 4.79 Å². The minimum absolute atomic E-state index is 0. The van der Waals surface area contributed by atoms with Gasteiger partial charge in [0.25, 0.3) is 5.91 Å². The third kappa shape index (κ3) is 5.12. The van der Waals surface area contributed by atoms with E-state index in [2.05, 4.69) is 5.32 Å². The summed E-state index contributed by atoms with van der Waals surface area (Å²) < 4.78 is 11.1. The number of nitrogens with two attached hydrogens (primary N) is 1. The van der Waals surface area contributed by atoms with Gasteiger partial charge in [-0.05, 0) is 56.6 Å². The number of carbonyl (C=O) groups is 1. The summed E-state index contributed by atoms with van der Waals surface area (Å²) in [5.74, 6) is 1.61. The molecule has 2 aliphatic carbocycles. The van der Waals surface area contributed by atoms with Gasteiger partial charge in [0.15, 0.2) is 0 Å². The summed E-state index contributed by atoms with van der Waals surface area (Å²) in [5.41, 5.74) is 6.79.